The second kappa shape index (κ2) is 10.4. The van der Waals surface area contributed by atoms with Crippen LogP contribution in [0.4, 0.5) is 0 Å². The molecule has 7 nitrogen and oxygen atoms in total. The van der Waals surface area contributed by atoms with Crippen LogP contribution in [-0.2, 0) is 30.4 Å². The first-order valence-electron chi connectivity index (χ1n) is 9.62. The van der Waals surface area contributed by atoms with Gasteiger partial charge in [0.1, 0.15) is 5.75 Å². The van der Waals surface area contributed by atoms with E-state index in [1.165, 1.54) is 14.2 Å². The molecule has 7 heteroatoms. The highest BCUT2D eigenvalue weighted by molar-refractivity contribution is 5.85. The van der Waals surface area contributed by atoms with Gasteiger partial charge in [-0.05, 0) is 30.8 Å². The summed E-state index contributed by atoms with van der Waals surface area (Å²) >= 11 is 0. The van der Waals surface area contributed by atoms with Gasteiger partial charge in [-0.1, -0.05) is 26.0 Å². The number of nitrogens with zero attached hydrogens (tertiary/aromatic N) is 1. The van der Waals surface area contributed by atoms with Crippen molar-refractivity contribution in [2.45, 2.75) is 26.5 Å². The fraction of sp³-hybridized carbons (Fsp3) is 0.619. The van der Waals surface area contributed by atoms with Crippen LogP contribution in [0.15, 0.2) is 24.3 Å². The second-order valence-electron chi connectivity index (χ2n) is 6.84. The lowest BCUT2D eigenvalue weighted by Gasteiger charge is -2.52. The third kappa shape index (κ3) is 4.64. The molecule has 1 aromatic rings. The summed E-state index contributed by atoms with van der Waals surface area (Å²) in [5, 5.41) is 0. The Morgan fingerprint density at radius 3 is 2.00 bits per heavy atom. The third-order valence-electron chi connectivity index (χ3n) is 5.57. The van der Waals surface area contributed by atoms with Crippen LogP contribution in [0.3, 0.4) is 0 Å². The van der Waals surface area contributed by atoms with Crippen molar-refractivity contribution in [2.24, 2.45) is 17.8 Å². The lowest BCUT2D eigenvalue weighted by molar-refractivity contribution is -0.186. The van der Waals surface area contributed by atoms with Gasteiger partial charge >= 0.3 is 11.9 Å². The van der Waals surface area contributed by atoms with E-state index in [4.69, 9.17) is 18.9 Å². The minimum absolute atomic E-state index is 0.109. The highest BCUT2D eigenvalue weighted by Gasteiger charge is 2.60. The van der Waals surface area contributed by atoms with Crippen LogP contribution in [0.2, 0.25) is 0 Å². The van der Waals surface area contributed by atoms with E-state index in [1.54, 1.807) is 7.11 Å². The first kappa shape index (κ1) is 22.2. The molecule has 1 aliphatic rings. The average Bonchev–Trinajstić information content (AvgIpc) is 2.73. The molecule has 1 aromatic carbocycles. The van der Waals surface area contributed by atoms with Crippen molar-refractivity contribution < 1.29 is 28.5 Å². The summed E-state index contributed by atoms with van der Waals surface area (Å²) in [4.78, 5) is 26.9. The largest absolute Gasteiger partial charge is 0.497 e. The van der Waals surface area contributed by atoms with Gasteiger partial charge in [0.05, 0.1) is 46.4 Å². The molecule has 0 unspecified atom stereocenters. The Bertz CT molecular complexity index is 643. The molecule has 0 amide bonds. The zero-order valence-electron chi connectivity index (χ0n) is 17.3. The lowest BCUT2D eigenvalue weighted by atomic mass is 9.60. The van der Waals surface area contributed by atoms with Crippen molar-refractivity contribution in [3.63, 3.8) is 0 Å². The molecule has 1 aliphatic carbocycles. The first-order chi connectivity index (χ1) is 13.5. The Hall–Kier alpha value is -2.12. The van der Waals surface area contributed by atoms with E-state index in [2.05, 4.69) is 4.90 Å². The molecule has 0 radical (unpaired) electrons. The van der Waals surface area contributed by atoms with Crippen LogP contribution in [0.1, 0.15) is 19.4 Å². The van der Waals surface area contributed by atoms with Gasteiger partial charge in [-0.2, -0.15) is 0 Å². The quantitative estimate of drug-likeness (QED) is 0.564. The Labute approximate surface area is 166 Å². The number of hydrogen-bond donors (Lipinski definition) is 0. The van der Waals surface area contributed by atoms with Crippen molar-refractivity contribution in [3.8, 4) is 5.75 Å². The van der Waals surface area contributed by atoms with Crippen molar-refractivity contribution in [1.29, 1.82) is 0 Å². The van der Waals surface area contributed by atoms with E-state index in [-0.39, 0.29) is 17.9 Å². The van der Waals surface area contributed by atoms with Crippen LogP contribution in [0.5, 0.6) is 5.75 Å². The topological polar surface area (TPSA) is 74.3 Å². The minimum atomic E-state index is -0.557. The molecule has 1 fully saturated rings. The van der Waals surface area contributed by atoms with Gasteiger partial charge in [-0.15, -0.1) is 0 Å². The molecule has 0 bridgehead atoms. The standard InChI is InChI=1S/C21H31NO6/c1-6-22(7-2)19-16(17(20(23)26-4)18(19)21(24)27-5)13-28-12-14-8-10-15(25-3)11-9-14/h8-11,16-19H,6-7,12-13H2,1-5H3/t16-,17+,18-,19-/m0/s1. The Kier molecular flexibility index (Phi) is 8.26. The fourth-order valence-electron chi connectivity index (χ4n) is 4.07. The van der Waals surface area contributed by atoms with Gasteiger partial charge in [-0.3, -0.25) is 14.5 Å². The van der Waals surface area contributed by atoms with Gasteiger partial charge < -0.3 is 18.9 Å². The molecule has 4 atom stereocenters. The fourth-order valence-corrected chi connectivity index (χ4v) is 4.07. The van der Waals surface area contributed by atoms with Gasteiger partial charge in [0.2, 0.25) is 0 Å². The molecule has 0 aliphatic heterocycles. The van der Waals surface area contributed by atoms with E-state index in [0.29, 0.717) is 13.2 Å². The molecule has 28 heavy (non-hydrogen) atoms. The molecule has 1 saturated carbocycles. The van der Waals surface area contributed by atoms with Crippen LogP contribution >= 0.6 is 0 Å². The molecular formula is C21H31NO6. The SMILES string of the molecule is CCN(CC)[C@H]1[C@@H](COCc2ccc(OC)cc2)[C@@H](C(=O)OC)[C@@H]1C(=O)OC. The van der Waals surface area contributed by atoms with Gasteiger partial charge in [0.15, 0.2) is 0 Å². The minimum Gasteiger partial charge on any atom is -0.497 e. The number of carbonyl (C=O) groups is 2. The molecule has 0 spiro atoms. The van der Waals surface area contributed by atoms with Crippen LogP contribution in [0, 0.1) is 17.8 Å². The summed E-state index contributed by atoms with van der Waals surface area (Å²) in [7, 11) is 4.32. The van der Waals surface area contributed by atoms with Gasteiger partial charge in [-0.25, -0.2) is 0 Å². The monoisotopic (exact) mass is 393 g/mol. The molecule has 0 N–H and O–H groups in total. The maximum Gasteiger partial charge on any atom is 0.311 e. The highest BCUT2D eigenvalue weighted by atomic mass is 16.5. The second-order valence-corrected chi connectivity index (χ2v) is 6.84. The smallest absolute Gasteiger partial charge is 0.311 e. The maximum atomic E-state index is 12.4. The number of rotatable bonds is 10. The number of benzene rings is 1. The average molecular weight is 393 g/mol. The van der Waals surface area contributed by atoms with E-state index >= 15 is 0 Å². The number of hydrogen-bond acceptors (Lipinski definition) is 7. The summed E-state index contributed by atoms with van der Waals surface area (Å²) in [6.07, 6.45) is 0. The molecule has 2 rings (SSSR count). The number of esters is 2. The zero-order valence-corrected chi connectivity index (χ0v) is 17.3. The molecule has 0 heterocycles. The van der Waals surface area contributed by atoms with Crippen LogP contribution in [-0.4, -0.2) is 63.9 Å². The lowest BCUT2D eigenvalue weighted by Crippen LogP contribution is -2.66. The third-order valence-corrected chi connectivity index (χ3v) is 5.57. The van der Waals surface area contributed by atoms with E-state index in [9.17, 15) is 9.59 Å². The van der Waals surface area contributed by atoms with Crippen molar-refractivity contribution >= 4 is 11.9 Å². The van der Waals surface area contributed by atoms with Gasteiger partial charge in [0, 0.05) is 12.0 Å². The number of methoxy groups -OCH3 is 3. The van der Waals surface area contributed by atoms with Crippen LogP contribution < -0.4 is 4.74 Å². The summed E-state index contributed by atoms with van der Waals surface area (Å²) in [5.41, 5.74) is 1.01. The van der Waals surface area contributed by atoms with Crippen molar-refractivity contribution in [2.75, 3.05) is 41.0 Å². The molecular weight excluding hydrogens is 362 g/mol. The van der Waals surface area contributed by atoms with E-state index in [1.807, 2.05) is 38.1 Å². The van der Waals surface area contributed by atoms with Crippen molar-refractivity contribution in [1.82, 2.24) is 4.90 Å². The zero-order chi connectivity index (χ0) is 20.7. The number of ether oxygens (including phenoxy) is 4. The Morgan fingerprint density at radius 2 is 1.50 bits per heavy atom. The molecule has 0 saturated heterocycles. The van der Waals surface area contributed by atoms with Gasteiger partial charge in [0.25, 0.3) is 0 Å². The van der Waals surface area contributed by atoms with E-state index in [0.717, 1.165) is 24.4 Å². The maximum absolute atomic E-state index is 12.4. The Morgan fingerprint density at radius 1 is 0.929 bits per heavy atom. The summed E-state index contributed by atoms with van der Waals surface area (Å²) < 4.78 is 21.0. The summed E-state index contributed by atoms with van der Waals surface area (Å²) in [5.74, 6) is -1.20. The summed E-state index contributed by atoms with van der Waals surface area (Å²) in [6.45, 7) is 6.41. The molecule has 0 aromatic heterocycles. The van der Waals surface area contributed by atoms with Crippen molar-refractivity contribution in [3.05, 3.63) is 29.8 Å². The first-order valence-corrected chi connectivity index (χ1v) is 9.62. The summed E-state index contributed by atoms with van der Waals surface area (Å²) in [6, 6.07) is 7.53. The molecule has 156 valence electrons. The van der Waals surface area contributed by atoms with E-state index < -0.39 is 17.8 Å². The van der Waals surface area contributed by atoms with Crippen LogP contribution in [0.25, 0.3) is 0 Å². The Balaban J connectivity index is 2.11. The normalized spacial score (nSPS) is 23.8. The number of carbonyl (C=O) groups excluding carboxylic acids is 2. The predicted molar refractivity (Wildman–Crippen MR) is 104 cm³/mol. The highest BCUT2D eigenvalue weighted by Crippen LogP contribution is 2.45. The predicted octanol–water partition coefficient (Wildman–Crippen LogP) is 2.13.